The number of hydrogen-bond donors (Lipinski definition) is 0. The molecule has 0 aromatic heterocycles. The number of ketones is 1. The van der Waals surface area contributed by atoms with Crippen molar-refractivity contribution in [3.05, 3.63) is 34.9 Å². The molecular weight excluding hydrogens is 172 g/mol. The summed E-state index contributed by atoms with van der Waals surface area (Å²) in [5.74, 6) is 0.816. The second kappa shape index (κ2) is 3.56. The van der Waals surface area contributed by atoms with Gasteiger partial charge in [-0.1, -0.05) is 18.2 Å². The molecule has 2 rings (SSSR count). The molecule has 1 heteroatoms. The fourth-order valence-electron chi connectivity index (χ4n) is 1.85. The number of aryl methyl sites for hydroxylation is 2. The zero-order valence-corrected chi connectivity index (χ0v) is 8.84. The molecule has 1 aromatic carbocycles. The van der Waals surface area contributed by atoms with Crippen molar-refractivity contribution in [2.24, 2.45) is 5.92 Å². The zero-order valence-electron chi connectivity index (χ0n) is 8.84. The lowest BCUT2D eigenvalue weighted by molar-refractivity contribution is -0.119. The summed E-state index contributed by atoms with van der Waals surface area (Å²) in [6.45, 7) is 4.17. The van der Waals surface area contributed by atoms with E-state index < -0.39 is 0 Å². The molecule has 14 heavy (non-hydrogen) atoms. The fraction of sp³-hybridized carbons (Fsp3) is 0.462. The average Bonchev–Trinajstić information content (AvgIpc) is 2.94. The Morgan fingerprint density at radius 2 is 1.86 bits per heavy atom. The second-order valence-electron chi connectivity index (χ2n) is 4.29. The minimum atomic E-state index is 0.383. The molecular formula is C13H16O. The summed E-state index contributed by atoms with van der Waals surface area (Å²) in [5, 5.41) is 0. The van der Waals surface area contributed by atoms with Crippen LogP contribution in [0.4, 0.5) is 0 Å². The molecule has 0 N–H and O–H groups in total. The molecule has 0 aliphatic heterocycles. The Balaban J connectivity index is 2.18. The van der Waals surface area contributed by atoms with Crippen LogP contribution < -0.4 is 0 Å². The molecule has 0 radical (unpaired) electrons. The van der Waals surface area contributed by atoms with E-state index in [9.17, 15) is 4.79 Å². The van der Waals surface area contributed by atoms with E-state index in [0.29, 0.717) is 18.1 Å². The second-order valence-corrected chi connectivity index (χ2v) is 4.29. The number of benzene rings is 1. The van der Waals surface area contributed by atoms with Gasteiger partial charge >= 0.3 is 0 Å². The summed E-state index contributed by atoms with van der Waals surface area (Å²) < 4.78 is 0. The van der Waals surface area contributed by atoms with Gasteiger partial charge < -0.3 is 0 Å². The van der Waals surface area contributed by atoms with Crippen LogP contribution >= 0.6 is 0 Å². The summed E-state index contributed by atoms with van der Waals surface area (Å²) >= 11 is 0. The molecule has 1 saturated carbocycles. The van der Waals surface area contributed by atoms with Crippen molar-refractivity contribution in [3.8, 4) is 0 Å². The van der Waals surface area contributed by atoms with Gasteiger partial charge in [0.1, 0.15) is 5.78 Å². The Labute approximate surface area is 85.1 Å². The van der Waals surface area contributed by atoms with Gasteiger partial charge in [-0.25, -0.2) is 0 Å². The Morgan fingerprint density at radius 3 is 2.36 bits per heavy atom. The van der Waals surface area contributed by atoms with E-state index in [-0.39, 0.29) is 0 Å². The molecule has 1 aromatic rings. The smallest absolute Gasteiger partial charge is 0.140 e. The van der Waals surface area contributed by atoms with Gasteiger partial charge in [0.2, 0.25) is 0 Å². The average molecular weight is 188 g/mol. The summed E-state index contributed by atoms with van der Waals surface area (Å²) in [5.41, 5.74) is 3.74. The fourth-order valence-corrected chi connectivity index (χ4v) is 1.85. The molecule has 0 unspecified atom stereocenters. The normalized spacial score (nSPS) is 15.6. The molecule has 1 nitrogen and oxygen atoms in total. The standard InChI is InChI=1S/C13H16O/c1-9-4-3-5-10(2)12(9)8-13(14)11-6-7-11/h3-5,11H,6-8H2,1-2H3. The Hall–Kier alpha value is -1.11. The first-order valence-corrected chi connectivity index (χ1v) is 5.26. The van der Waals surface area contributed by atoms with Gasteiger partial charge in [0.15, 0.2) is 0 Å². The van der Waals surface area contributed by atoms with Crippen LogP contribution in [0, 0.1) is 19.8 Å². The van der Waals surface area contributed by atoms with Crippen molar-refractivity contribution in [3.63, 3.8) is 0 Å². The molecule has 1 aliphatic carbocycles. The summed E-state index contributed by atoms with van der Waals surface area (Å²) in [6.07, 6.45) is 2.87. The van der Waals surface area contributed by atoms with Crippen LogP contribution in [0.5, 0.6) is 0 Å². The maximum Gasteiger partial charge on any atom is 0.140 e. The molecule has 0 heterocycles. The summed E-state index contributed by atoms with van der Waals surface area (Å²) in [4.78, 5) is 11.7. The third-order valence-corrected chi connectivity index (χ3v) is 3.03. The molecule has 0 amide bonds. The summed E-state index contributed by atoms with van der Waals surface area (Å²) in [6, 6.07) is 6.22. The van der Waals surface area contributed by atoms with Crippen molar-refractivity contribution in [2.45, 2.75) is 33.1 Å². The van der Waals surface area contributed by atoms with Crippen LogP contribution in [0.1, 0.15) is 29.5 Å². The maximum atomic E-state index is 11.7. The number of hydrogen-bond acceptors (Lipinski definition) is 1. The molecule has 1 fully saturated rings. The van der Waals surface area contributed by atoms with Gasteiger partial charge in [0, 0.05) is 12.3 Å². The Bertz CT molecular complexity index is 341. The molecule has 0 bridgehead atoms. The van der Waals surface area contributed by atoms with Crippen LogP contribution in [0.2, 0.25) is 0 Å². The SMILES string of the molecule is Cc1cccc(C)c1CC(=O)C1CC1. The van der Waals surface area contributed by atoms with Crippen molar-refractivity contribution < 1.29 is 4.79 Å². The van der Waals surface area contributed by atoms with Crippen molar-refractivity contribution in [1.29, 1.82) is 0 Å². The lowest BCUT2D eigenvalue weighted by Crippen LogP contribution is -2.07. The van der Waals surface area contributed by atoms with Crippen molar-refractivity contribution >= 4 is 5.78 Å². The monoisotopic (exact) mass is 188 g/mol. The van der Waals surface area contributed by atoms with Gasteiger partial charge in [-0.15, -0.1) is 0 Å². The predicted octanol–water partition coefficient (Wildman–Crippen LogP) is 2.83. The molecule has 0 saturated heterocycles. The van der Waals surface area contributed by atoms with E-state index in [1.807, 2.05) is 0 Å². The number of Topliss-reactive ketones (excluding diaryl/α,β-unsaturated/α-hetero) is 1. The Kier molecular flexibility index (Phi) is 2.40. The first kappa shape index (κ1) is 9.45. The lowest BCUT2D eigenvalue weighted by Gasteiger charge is -2.08. The quantitative estimate of drug-likeness (QED) is 0.713. The Morgan fingerprint density at radius 1 is 1.29 bits per heavy atom. The van der Waals surface area contributed by atoms with Gasteiger partial charge in [-0.05, 0) is 43.4 Å². The summed E-state index contributed by atoms with van der Waals surface area (Å²) in [7, 11) is 0. The highest BCUT2D eigenvalue weighted by molar-refractivity contribution is 5.85. The number of carbonyl (C=O) groups excluding carboxylic acids is 1. The number of carbonyl (C=O) groups is 1. The van der Waals surface area contributed by atoms with Gasteiger partial charge in [0.05, 0.1) is 0 Å². The first-order chi connectivity index (χ1) is 6.68. The van der Waals surface area contributed by atoms with Gasteiger partial charge in [-0.3, -0.25) is 4.79 Å². The third-order valence-electron chi connectivity index (χ3n) is 3.03. The van der Waals surface area contributed by atoms with Crippen LogP contribution in [0.25, 0.3) is 0 Å². The van der Waals surface area contributed by atoms with E-state index in [0.717, 1.165) is 12.8 Å². The van der Waals surface area contributed by atoms with Crippen LogP contribution in [0.3, 0.4) is 0 Å². The maximum absolute atomic E-state index is 11.7. The van der Waals surface area contributed by atoms with Crippen molar-refractivity contribution in [2.75, 3.05) is 0 Å². The van der Waals surface area contributed by atoms with E-state index in [1.165, 1.54) is 16.7 Å². The highest BCUT2D eigenvalue weighted by Crippen LogP contribution is 2.31. The molecule has 0 spiro atoms. The lowest BCUT2D eigenvalue weighted by atomic mass is 9.97. The highest BCUT2D eigenvalue weighted by atomic mass is 16.1. The van der Waals surface area contributed by atoms with E-state index in [2.05, 4.69) is 32.0 Å². The minimum absolute atomic E-state index is 0.383. The van der Waals surface area contributed by atoms with E-state index in [1.54, 1.807) is 0 Å². The zero-order chi connectivity index (χ0) is 10.1. The molecule has 74 valence electrons. The predicted molar refractivity (Wildman–Crippen MR) is 57.4 cm³/mol. The van der Waals surface area contributed by atoms with Gasteiger partial charge in [-0.2, -0.15) is 0 Å². The molecule has 0 atom stereocenters. The van der Waals surface area contributed by atoms with E-state index >= 15 is 0 Å². The van der Waals surface area contributed by atoms with Crippen LogP contribution in [-0.2, 0) is 11.2 Å². The van der Waals surface area contributed by atoms with Crippen LogP contribution in [0.15, 0.2) is 18.2 Å². The largest absolute Gasteiger partial charge is 0.299 e. The third kappa shape index (κ3) is 1.87. The first-order valence-electron chi connectivity index (χ1n) is 5.26. The van der Waals surface area contributed by atoms with Crippen LogP contribution in [-0.4, -0.2) is 5.78 Å². The minimum Gasteiger partial charge on any atom is -0.299 e. The van der Waals surface area contributed by atoms with E-state index in [4.69, 9.17) is 0 Å². The topological polar surface area (TPSA) is 17.1 Å². The van der Waals surface area contributed by atoms with Crippen molar-refractivity contribution in [1.82, 2.24) is 0 Å². The molecule has 1 aliphatic rings. The highest BCUT2D eigenvalue weighted by Gasteiger charge is 2.29. The van der Waals surface area contributed by atoms with Gasteiger partial charge in [0.25, 0.3) is 0 Å². The number of rotatable bonds is 3.